The Morgan fingerprint density at radius 2 is 2.00 bits per heavy atom. The maximum Gasteiger partial charge on any atom is 0.246 e. The van der Waals surface area contributed by atoms with Crippen LogP contribution in [0.3, 0.4) is 0 Å². The molecular formula is C28H26FN9O4. The number of nitrogens with zero attached hydrogens (tertiary/aromatic N) is 6. The van der Waals surface area contributed by atoms with Crippen LogP contribution >= 0.6 is 0 Å². The summed E-state index contributed by atoms with van der Waals surface area (Å²) in [5.74, 6) is 1.25. The first-order valence-corrected chi connectivity index (χ1v) is 12.6. The van der Waals surface area contributed by atoms with Crippen molar-refractivity contribution in [2.45, 2.75) is 6.10 Å². The second-order valence-corrected chi connectivity index (χ2v) is 8.95. The highest BCUT2D eigenvalue weighted by molar-refractivity contribution is 5.93. The Kier molecular flexibility index (Phi) is 8.04. The van der Waals surface area contributed by atoms with E-state index in [0.29, 0.717) is 47.1 Å². The van der Waals surface area contributed by atoms with Crippen molar-refractivity contribution in [1.29, 1.82) is 0 Å². The molecule has 214 valence electrons. The van der Waals surface area contributed by atoms with Crippen LogP contribution in [0.15, 0.2) is 78.7 Å². The van der Waals surface area contributed by atoms with Crippen LogP contribution in [0, 0.1) is 5.82 Å². The highest BCUT2D eigenvalue weighted by Crippen LogP contribution is 2.36. The largest absolute Gasteiger partial charge is 0.493 e. The van der Waals surface area contributed by atoms with Gasteiger partial charge in [-0.1, -0.05) is 6.58 Å². The molecule has 0 atom stereocenters. The number of methoxy groups -OCH3 is 1. The minimum absolute atomic E-state index is 0.0195. The molecule has 0 spiro atoms. The third-order valence-electron chi connectivity index (χ3n) is 6.08. The average molecular weight is 572 g/mol. The molecule has 2 aromatic heterocycles. The zero-order valence-corrected chi connectivity index (χ0v) is 22.4. The van der Waals surface area contributed by atoms with Gasteiger partial charge in [0.05, 0.1) is 43.8 Å². The normalized spacial score (nSPS) is 13.6. The van der Waals surface area contributed by atoms with Gasteiger partial charge in [0.15, 0.2) is 23.2 Å². The summed E-state index contributed by atoms with van der Waals surface area (Å²) < 4.78 is 32.1. The number of nitrogen functional groups attached to an aromatic ring is 1. The second-order valence-electron chi connectivity index (χ2n) is 8.95. The van der Waals surface area contributed by atoms with Gasteiger partial charge in [-0.3, -0.25) is 4.79 Å². The van der Waals surface area contributed by atoms with E-state index < -0.39 is 5.82 Å². The first-order chi connectivity index (χ1) is 20.3. The van der Waals surface area contributed by atoms with Crippen molar-refractivity contribution in [3.63, 3.8) is 0 Å². The number of rotatable bonds is 10. The third kappa shape index (κ3) is 6.33. The summed E-state index contributed by atoms with van der Waals surface area (Å²) in [6.07, 6.45) is 7.94. The summed E-state index contributed by atoms with van der Waals surface area (Å²) in [7, 11) is 1.52. The fraction of sp³-hybridized carbons (Fsp3) is 0.143. The van der Waals surface area contributed by atoms with Crippen LogP contribution in [0.5, 0.6) is 17.2 Å². The number of hydrogen-bond acceptors (Lipinski definition) is 12. The van der Waals surface area contributed by atoms with E-state index in [1.807, 2.05) is 0 Å². The van der Waals surface area contributed by atoms with E-state index in [1.165, 1.54) is 56.3 Å². The van der Waals surface area contributed by atoms with Crippen LogP contribution in [0.1, 0.15) is 0 Å². The Morgan fingerprint density at radius 3 is 2.71 bits per heavy atom. The molecular weight excluding hydrogens is 545 g/mol. The topological polar surface area (TPSA) is 176 Å². The number of benzene rings is 2. The minimum Gasteiger partial charge on any atom is -0.493 e. The molecule has 1 saturated heterocycles. The van der Waals surface area contributed by atoms with Crippen molar-refractivity contribution in [3.05, 3.63) is 79.5 Å². The molecule has 0 bridgehead atoms. The van der Waals surface area contributed by atoms with Gasteiger partial charge in [0.2, 0.25) is 5.91 Å². The average Bonchev–Trinajstić information content (AvgIpc) is 2.96. The van der Waals surface area contributed by atoms with Crippen molar-refractivity contribution in [2.24, 2.45) is 10.7 Å². The molecule has 5 N–H and O–H groups in total. The molecule has 0 aliphatic carbocycles. The summed E-state index contributed by atoms with van der Waals surface area (Å²) >= 11 is 0. The smallest absolute Gasteiger partial charge is 0.246 e. The number of hydrogen-bond donors (Lipinski definition) is 3. The SMILES string of the molecule is C=CC(=O)N1CC(Oc2cc3c(Nc4ccc(O/C(N)=C/C=Nc5cnc(N)cn5)cc4F)ncnc3cc2OC)C1. The highest BCUT2D eigenvalue weighted by Gasteiger charge is 2.31. The van der Waals surface area contributed by atoms with Crippen LogP contribution < -0.4 is 31.0 Å². The molecule has 13 nitrogen and oxygen atoms in total. The number of carbonyl (C=O) groups is 1. The van der Waals surface area contributed by atoms with Crippen LogP contribution in [-0.2, 0) is 4.79 Å². The van der Waals surface area contributed by atoms with E-state index in [9.17, 15) is 4.79 Å². The number of halogens is 1. The lowest BCUT2D eigenvalue weighted by Gasteiger charge is -2.38. The van der Waals surface area contributed by atoms with Gasteiger partial charge < -0.3 is 35.9 Å². The number of amides is 1. The van der Waals surface area contributed by atoms with E-state index in [4.69, 9.17) is 25.7 Å². The molecule has 2 aromatic carbocycles. The quantitative estimate of drug-likeness (QED) is 0.145. The fourth-order valence-electron chi connectivity index (χ4n) is 3.96. The van der Waals surface area contributed by atoms with Gasteiger partial charge in [-0.25, -0.2) is 29.3 Å². The van der Waals surface area contributed by atoms with Crippen molar-refractivity contribution in [3.8, 4) is 17.2 Å². The summed E-state index contributed by atoms with van der Waals surface area (Å²) in [5, 5.41) is 3.57. The fourth-order valence-corrected chi connectivity index (χ4v) is 3.96. The molecule has 14 heteroatoms. The molecule has 5 rings (SSSR count). The lowest BCUT2D eigenvalue weighted by Crippen LogP contribution is -2.55. The third-order valence-corrected chi connectivity index (χ3v) is 6.08. The standard InChI is InChI=1S/C28H26FN9O4/c1-3-27(39)38-13-17(14-38)41-23-9-18-21(10-22(23)40-2)35-15-36-28(18)37-20-5-4-16(8-19(20)29)42-25(31)6-7-32-26-12-33-24(30)11-34-26/h3-12,15,17H,1,13-14,31H2,2H3,(H2,30,33)(H,35,36,37)/b25-6+,32-7?. The highest BCUT2D eigenvalue weighted by atomic mass is 19.1. The number of anilines is 3. The molecule has 0 saturated carbocycles. The van der Waals surface area contributed by atoms with Crippen LogP contribution in [0.2, 0.25) is 0 Å². The van der Waals surface area contributed by atoms with Gasteiger partial charge in [-0.15, -0.1) is 0 Å². The maximum absolute atomic E-state index is 15.1. The van der Waals surface area contributed by atoms with E-state index in [0.717, 1.165) is 0 Å². The molecule has 0 radical (unpaired) electrons. The molecule has 1 amide bonds. The summed E-state index contributed by atoms with van der Waals surface area (Å²) in [5.41, 5.74) is 12.1. The Hall–Kier alpha value is -5.79. The molecule has 42 heavy (non-hydrogen) atoms. The first kappa shape index (κ1) is 27.8. The number of carbonyl (C=O) groups excluding carboxylic acids is 1. The van der Waals surface area contributed by atoms with E-state index >= 15 is 4.39 Å². The number of likely N-dealkylation sites (tertiary alicyclic amines) is 1. The van der Waals surface area contributed by atoms with E-state index in [2.05, 4.69) is 36.8 Å². The van der Waals surface area contributed by atoms with Gasteiger partial charge in [0, 0.05) is 29.8 Å². The Bertz CT molecular complexity index is 1690. The van der Waals surface area contributed by atoms with Crippen LogP contribution in [0.4, 0.5) is 27.5 Å². The predicted octanol–water partition coefficient (Wildman–Crippen LogP) is 3.25. The zero-order chi connectivity index (χ0) is 29.6. The first-order valence-electron chi connectivity index (χ1n) is 12.6. The second kappa shape index (κ2) is 12.2. The molecule has 1 aliphatic heterocycles. The Labute approximate surface area is 239 Å². The number of aromatic nitrogens is 4. The Balaban J connectivity index is 1.29. The van der Waals surface area contributed by atoms with Gasteiger partial charge in [-0.05, 0) is 24.3 Å². The van der Waals surface area contributed by atoms with Crippen LogP contribution in [-0.4, -0.2) is 63.3 Å². The van der Waals surface area contributed by atoms with E-state index in [-0.39, 0.29) is 35.1 Å². The summed E-state index contributed by atoms with van der Waals surface area (Å²) in [4.78, 5) is 33.9. The molecule has 0 unspecified atom stereocenters. The molecule has 1 aliphatic rings. The molecule has 1 fully saturated rings. The number of nitrogens with one attached hydrogen (secondary N) is 1. The molecule has 4 aromatic rings. The van der Waals surface area contributed by atoms with Gasteiger partial charge in [0.25, 0.3) is 0 Å². The van der Waals surface area contributed by atoms with Crippen LogP contribution in [0.25, 0.3) is 10.9 Å². The maximum atomic E-state index is 15.1. The number of nitrogens with two attached hydrogens (primary N) is 2. The van der Waals surface area contributed by atoms with Gasteiger partial charge in [-0.2, -0.15) is 0 Å². The van der Waals surface area contributed by atoms with Crippen molar-refractivity contribution in [1.82, 2.24) is 24.8 Å². The van der Waals surface area contributed by atoms with Crippen molar-refractivity contribution >= 4 is 46.2 Å². The number of fused-ring (bicyclic) bond motifs is 1. The van der Waals surface area contributed by atoms with Gasteiger partial charge in [0.1, 0.15) is 35.6 Å². The van der Waals surface area contributed by atoms with Crippen molar-refractivity contribution in [2.75, 3.05) is 31.2 Å². The Morgan fingerprint density at radius 1 is 1.17 bits per heavy atom. The summed E-state index contributed by atoms with van der Waals surface area (Å²) in [6.45, 7) is 4.34. The zero-order valence-electron chi connectivity index (χ0n) is 22.4. The summed E-state index contributed by atoms with van der Waals surface area (Å²) in [6, 6.07) is 7.63. The number of ether oxygens (including phenoxy) is 3. The minimum atomic E-state index is -0.607. The van der Waals surface area contributed by atoms with E-state index in [1.54, 1.807) is 23.1 Å². The lowest BCUT2D eigenvalue weighted by molar-refractivity contribution is -0.134. The lowest BCUT2D eigenvalue weighted by atomic mass is 10.1. The molecule has 3 heterocycles. The van der Waals surface area contributed by atoms with Crippen molar-refractivity contribution < 1.29 is 23.4 Å². The monoisotopic (exact) mass is 571 g/mol. The predicted molar refractivity (Wildman–Crippen MR) is 154 cm³/mol. The van der Waals surface area contributed by atoms with Gasteiger partial charge >= 0.3 is 0 Å². The number of aliphatic imine (C=N–C) groups is 1. The number of allylic oxidation sites excluding steroid dienone is 1.